The Morgan fingerprint density at radius 3 is 2.24 bits per heavy atom. The number of carboxylic acids is 2. The van der Waals surface area contributed by atoms with Gasteiger partial charge < -0.3 is 26.2 Å². The summed E-state index contributed by atoms with van der Waals surface area (Å²) in [4.78, 5) is 20.3. The van der Waals surface area contributed by atoms with E-state index < -0.39 is 11.9 Å². The Bertz CT molecular complexity index is 715. The van der Waals surface area contributed by atoms with E-state index in [1.807, 2.05) is 0 Å². The van der Waals surface area contributed by atoms with Crippen LogP contribution < -0.4 is 5.73 Å². The van der Waals surface area contributed by atoms with E-state index >= 15 is 0 Å². The molecule has 0 radical (unpaired) electrons. The van der Waals surface area contributed by atoms with Gasteiger partial charge in [-0.3, -0.25) is 9.59 Å². The third-order valence-corrected chi connectivity index (χ3v) is 10.5. The van der Waals surface area contributed by atoms with Crippen LogP contribution in [0.3, 0.4) is 0 Å². The number of hydrogen-bond acceptors (Lipinski definition) is 5. The van der Waals surface area contributed by atoms with Gasteiger partial charge in [-0.15, -0.1) is 0 Å². The maximum absolute atomic E-state index is 11.5. The van der Waals surface area contributed by atoms with Crippen LogP contribution in [-0.4, -0.2) is 51.1 Å². The SMILES string of the molecule is C[C@H](CCC(=O)O)[C@H]1CCC2C3CC[C@@H]4C[C@H](O)CC[C@]4(C)C3C[C@H](O)[C@@]21C.NCC(=O)O. The standard InChI is InChI=1S/C24H40O4.C2H5NO2/c1-14(4-9-22(27)28)18-7-8-19-17-6-5-15-12-16(25)10-11-23(15,2)20(17)13-21(26)24(18,19)3;3-1-2(4)5/h14-21,25-26H,4-13H2,1-3H3,(H,27,28);1,3H2,(H,4,5)/t14-,15-,16-,17?,18-,19?,20?,21+,23+,24-;/m1./s1. The monoisotopic (exact) mass is 467 g/mol. The summed E-state index contributed by atoms with van der Waals surface area (Å²) in [5, 5.41) is 38.4. The van der Waals surface area contributed by atoms with Crippen molar-refractivity contribution in [3.05, 3.63) is 0 Å². The van der Waals surface area contributed by atoms with Gasteiger partial charge in [0.05, 0.1) is 18.8 Å². The Balaban J connectivity index is 0.000000555. The minimum Gasteiger partial charge on any atom is -0.481 e. The van der Waals surface area contributed by atoms with Crippen molar-refractivity contribution in [3.63, 3.8) is 0 Å². The topological polar surface area (TPSA) is 141 Å². The fourth-order valence-electron chi connectivity index (χ4n) is 8.71. The summed E-state index contributed by atoms with van der Waals surface area (Å²) in [6.07, 6.45) is 9.26. The molecule has 0 aromatic heterocycles. The van der Waals surface area contributed by atoms with E-state index in [9.17, 15) is 19.8 Å². The molecule has 190 valence electrons. The number of rotatable bonds is 5. The number of carbonyl (C=O) groups is 2. The Labute approximate surface area is 198 Å². The maximum Gasteiger partial charge on any atom is 0.317 e. The van der Waals surface area contributed by atoms with Crippen LogP contribution in [0, 0.1) is 46.3 Å². The van der Waals surface area contributed by atoms with Crippen LogP contribution in [0.1, 0.15) is 85.0 Å². The minimum absolute atomic E-state index is 0.0591. The second kappa shape index (κ2) is 10.2. The first-order valence-corrected chi connectivity index (χ1v) is 12.9. The van der Waals surface area contributed by atoms with Crippen molar-refractivity contribution in [1.82, 2.24) is 0 Å². The number of aliphatic hydroxyl groups is 2. The number of fused-ring (bicyclic) bond motifs is 5. The van der Waals surface area contributed by atoms with E-state index in [1.54, 1.807) is 0 Å². The Hall–Kier alpha value is -1.18. The highest BCUT2D eigenvalue weighted by molar-refractivity contribution is 5.68. The lowest BCUT2D eigenvalue weighted by atomic mass is 9.43. The van der Waals surface area contributed by atoms with Crippen molar-refractivity contribution in [2.75, 3.05) is 6.54 Å². The van der Waals surface area contributed by atoms with E-state index in [-0.39, 0.29) is 36.0 Å². The zero-order valence-corrected chi connectivity index (χ0v) is 20.6. The molecule has 4 fully saturated rings. The van der Waals surface area contributed by atoms with E-state index in [4.69, 9.17) is 10.2 Å². The number of aliphatic hydroxyl groups excluding tert-OH is 2. The van der Waals surface area contributed by atoms with Gasteiger partial charge in [0.2, 0.25) is 0 Å². The molecular formula is C26H45NO6. The molecule has 7 nitrogen and oxygen atoms in total. The smallest absolute Gasteiger partial charge is 0.317 e. The molecule has 0 aromatic rings. The van der Waals surface area contributed by atoms with Crippen LogP contribution in [0.15, 0.2) is 0 Å². The molecule has 6 N–H and O–H groups in total. The van der Waals surface area contributed by atoms with Crippen molar-refractivity contribution in [3.8, 4) is 0 Å². The molecule has 0 saturated heterocycles. The lowest BCUT2D eigenvalue weighted by Gasteiger charge is -2.62. The Morgan fingerprint density at radius 1 is 0.970 bits per heavy atom. The molecule has 0 heterocycles. The van der Waals surface area contributed by atoms with Crippen molar-refractivity contribution in [2.45, 2.75) is 97.2 Å². The van der Waals surface area contributed by atoms with Gasteiger partial charge in [0.1, 0.15) is 0 Å². The van der Waals surface area contributed by atoms with Crippen molar-refractivity contribution in [2.24, 2.45) is 52.1 Å². The molecule has 33 heavy (non-hydrogen) atoms. The molecule has 0 bridgehead atoms. The second-order valence-corrected chi connectivity index (χ2v) is 11.9. The highest BCUT2D eigenvalue weighted by atomic mass is 16.4. The van der Waals surface area contributed by atoms with Gasteiger partial charge in [0, 0.05) is 6.42 Å². The summed E-state index contributed by atoms with van der Waals surface area (Å²) in [6.45, 7) is 6.71. The fraction of sp³-hybridized carbons (Fsp3) is 0.923. The predicted octanol–water partition coefficient (Wildman–Crippen LogP) is 3.51. The zero-order valence-electron chi connectivity index (χ0n) is 20.6. The van der Waals surface area contributed by atoms with E-state index in [0.29, 0.717) is 35.5 Å². The van der Waals surface area contributed by atoms with Crippen LogP contribution in [0.4, 0.5) is 0 Å². The first kappa shape index (κ1) is 26.4. The minimum atomic E-state index is -0.968. The van der Waals surface area contributed by atoms with Gasteiger partial charge in [0.25, 0.3) is 0 Å². The zero-order chi connectivity index (χ0) is 24.6. The lowest BCUT2D eigenvalue weighted by molar-refractivity contribution is -0.175. The maximum atomic E-state index is 11.5. The highest BCUT2D eigenvalue weighted by Crippen LogP contribution is 2.68. The van der Waals surface area contributed by atoms with Gasteiger partial charge >= 0.3 is 11.9 Å². The summed E-state index contributed by atoms with van der Waals surface area (Å²) in [5.41, 5.74) is 4.79. The first-order chi connectivity index (χ1) is 15.4. The van der Waals surface area contributed by atoms with Crippen molar-refractivity contribution in [1.29, 1.82) is 0 Å². The van der Waals surface area contributed by atoms with Gasteiger partial charge in [-0.2, -0.15) is 0 Å². The van der Waals surface area contributed by atoms with Gasteiger partial charge in [-0.05, 0) is 104 Å². The largest absolute Gasteiger partial charge is 0.481 e. The molecule has 4 rings (SSSR count). The molecule has 4 aliphatic rings. The number of nitrogens with two attached hydrogens (primary N) is 1. The number of aliphatic carboxylic acids is 2. The normalized spacial score (nSPS) is 45.0. The van der Waals surface area contributed by atoms with Crippen LogP contribution in [0.25, 0.3) is 0 Å². The molecule has 4 saturated carbocycles. The van der Waals surface area contributed by atoms with Crippen molar-refractivity contribution >= 4 is 11.9 Å². The number of hydrogen-bond donors (Lipinski definition) is 5. The predicted molar refractivity (Wildman–Crippen MR) is 125 cm³/mol. The average Bonchev–Trinajstić information content (AvgIpc) is 3.12. The Kier molecular flexibility index (Phi) is 8.17. The highest BCUT2D eigenvalue weighted by Gasteiger charge is 2.63. The van der Waals surface area contributed by atoms with Gasteiger partial charge in [-0.25, -0.2) is 0 Å². The molecule has 0 aliphatic heterocycles. The van der Waals surface area contributed by atoms with E-state index in [2.05, 4.69) is 26.5 Å². The summed E-state index contributed by atoms with van der Waals surface area (Å²) in [5.74, 6) is 1.58. The molecule has 0 amide bonds. The molecule has 3 unspecified atom stereocenters. The fourth-order valence-corrected chi connectivity index (χ4v) is 8.71. The van der Waals surface area contributed by atoms with Crippen LogP contribution in [0.5, 0.6) is 0 Å². The molecule has 0 aromatic carbocycles. The molecule has 7 heteroatoms. The quantitative estimate of drug-likeness (QED) is 0.416. The summed E-state index contributed by atoms with van der Waals surface area (Å²) in [7, 11) is 0. The summed E-state index contributed by atoms with van der Waals surface area (Å²) >= 11 is 0. The molecule has 0 spiro atoms. The number of carboxylic acid groups (broad SMARTS) is 2. The summed E-state index contributed by atoms with van der Waals surface area (Å²) in [6, 6.07) is 0. The van der Waals surface area contributed by atoms with Crippen LogP contribution in [-0.2, 0) is 9.59 Å². The van der Waals surface area contributed by atoms with Crippen LogP contribution >= 0.6 is 0 Å². The van der Waals surface area contributed by atoms with E-state index in [0.717, 1.165) is 38.5 Å². The van der Waals surface area contributed by atoms with Gasteiger partial charge in [0.15, 0.2) is 0 Å². The van der Waals surface area contributed by atoms with Crippen molar-refractivity contribution < 1.29 is 30.0 Å². The molecule has 4 aliphatic carbocycles. The van der Waals surface area contributed by atoms with Crippen LogP contribution in [0.2, 0.25) is 0 Å². The van der Waals surface area contributed by atoms with Gasteiger partial charge in [-0.1, -0.05) is 20.8 Å². The third kappa shape index (κ3) is 4.96. The third-order valence-electron chi connectivity index (χ3n) is 10.5. The lowest BCUT2D eigenvalue weighted by Crippen LogP contribution is -2.58. The van der Waals surface area contributed by atoms with E-state index in [1.165, 1.54) is 19.3 Å². The summed E-state index contributed by atoms with van der Waals surface area (Å²) < 4.78 is 0. The molecule has 10 atom stereocenters. The second-order valence-electron chi connectivity index (χ2n) is 11.9. The first-order valence-electron chi connectivity index (χ1n) is 12.9. The average molecular weight is 468 g/mol. The molecular weight excluding hydrogens is 422 g/mol. The Morgan fingerprint density at radius 2 is 1.64 bits per heavy atom.